The van der Waals surface area contributed by atoms with Crippen molar-refractivity contribution in [1.82, 2.24) is 5.32 Å². The van der Waals surface area contributed by atoms with Crippen LogP contribution in [0.1, 0.15) is 30.5 Å². The van der Waals surface area contributed by atoms with Gasteiger partial charge in [-0.15, -0.1) is 11.8 Å². The Balaban J connectivity index is 1.96. The molecule has 0 saturated heterocycles. The first-order chi connectivity index (χ1) is 12.0. The van der Waals surface area contributed by atoms with E-state index in [4.69, 9.17) is 16.3 Å². The lowest BCUT2D eigenvalue weighted by Crippen LogP contribution is -2.28. The van der Waals surface area contributed by atoms with Gasteiger partial charge in [0.05, 0.1) is 12.5 Å². The monoisotopic (exact) mass is 377 g/mol. The maximum atomic E-state index is 12.2. The normalized spacial score (nSPS) is 11.6. The topological polar surface area (TPSA) is 55.4 Å². The van der Waals surface area contributed by atoms with Gasteiger partial charge in [0.25, 0.3) is 0 Å². The van der Waals surface area contributed by atoms with E-state index in [2.05, 4.69) is 5.32 Å². The Morgan fingerprint density at radius 2 is 1.76 bits per heavy atom. The van der Waals surface area contributed by atoms with Crippen molar-refractivity contribution in [2.24, 2.45) is 0 Å². The van der Waals surface area contributed by atoms with Gasteiger partial charge in [0.15, 0.2) is 0 Å². The Hall–Kier alpha value is -1.98. The summed E-state index contributed by atoms with van der Waals surface area (Å²) in [5.74, 6) is -0.581. The molecule has 0 bridgehead atoms. The molecule has 0 saturated carbocycles. The molecule has 2 aromatic rings. The number of hydrogen-bond acceptors (Lipinski definition) is 4. The molecule has 1 atom stereocenters. The molecule has 2 rings (SSSR count). The van der Waals surface area contributed by atoms with Gasteiger partial charge in [0, 0.05) is 16.8 Å². The second-order valence-corrected chi connectivity index (χ2v) is 6.83. The summed E-state index contributed by atoms with van der Waals surface area (Å²) in [4.78, 5) is 24.7. The van der Waals surface area contributed by atoms with Gasteiger partial charge in [-0.3, -0.25) is 9.59 Å². The van der Waals surface area contributed by atoms with Gasteiger partial charge < -0.3 is 10.1 Å². The number of hydrogen-bond donors (Lipinski definition) is 1. The summed E-state index contributed by atoms with van der Waals surface area (Å²) in [6.07, 6.45) is 2.07. The molecule has 1 N–H and O–H groups in total. The van der Waals surface area contributed by atoms with E-state index < -0.39 is 6.04 Å². The molecule has 0 aromatic heterocycles. The largest absolute Gasteiger partial charge is 0.461 e. The third kappa shape index (κ3) is 6.44. The molecule has 0 heterocycles. The molecule has 0 aliphatic heterocycles. The molecular formula is C19H20ClNO3S. The smallest absolute Gasteiger partial charge is 0.308 e. The summed E-state index contributed by atoms with van der Waals surface area (Å²) in [5, 5.41) is 3.37. The lowest BCUT2D eigenvalue weighted by Gasteiger charge is -2.18. The van der Waals surface area contributed by atoms with Crippen molar-refractivity contribution in [3.63, 3.8) is 0 Å². The van der Waals surface area contributed by atoms with Crippen LogP contribution in [-0.4, -0.2) is 18.1 Å². The minimum absolute atomic E-state index is 0.0596. The van der Waals surface area contributed by atoms with Crippen LogP contribution in [0, 0.1) is 0 Å². The minimum atomic E-state index is -0.443. The van der Waals surface area contributed by atoms with E-state index in [9.17, 15) is 9.59 Å². The van der Waals surface area contributed by atoms with Crippen molar-refractivity contribution in [1.29, 1.82) is 0 Å². The number of nitrogens with one attached hydrogen (secondary N) is 1. The molecule has 0 spiro atoms. The molecule has 132 valence electrons. The predicted molar refractivity (Wildman–Crippen MR) is 101 cm³/mol. The Morgan fingerprint density at radius 3 is 2.32 bits per heavy atom. The third-order valence-corrected chi connectivity index (χ3v) is 4.58. The van der Waals surface area contributed by atoms with Crippen LogP contribution in [0.3, 0.4) is 0 Å². The van der Waals surface area contributed by atoms with Crippen molar-refractivity contribution in [2.75, 3.05) is 6.26 Å². The number of halogens is 1. The Bertz CT molecular complexity index is 716. The van der Waals surface area contributed by atoms with E-state index in [1.165, 1.54) is 6.92 Å². The zero-order chi connectivity index (χ0) is 18.2. The van der Waals surface area contributed by atoms with E-state index in [0.717, 1.165) is 16.0 Å². The second-order valence-electron chi connectivity index (χ2n) is 5.52. The number of carbonyl (C=O) groups excluding carboxylic acids is 2. The summed E-state index contributed by atoms with van der Waals surface area (Å²) >= 11 is 7.54. The van der Waals surface area contributed by atoms with Gasteiger partial charge in [0.1, 0.15) is 6.61 Å². The van der Waals surface area contributed by atoms with Gasteiger partial charge in [0.2, 0.25) is 5.91 Å². The van der Waals surface area contributed by atoms with Gasteiger partial charge in [-0.2, -0.15) is 0 Å². The van der Waals surface area contributed by atoms with Crippen molar-refractivity contribution in [3.8, 4) is 0 Å². The average Bonchev–Trinajstić information content (AvgIpc) is 2.60. The number of thioether (sulfide) groups is 1. The van der Waals surface area contributed by atoms with Crippen molar-refractivity contribution in [2.45, 2.75) is 30.9 Å². The minimum Gasteiger partial charge on any atom is -0.461 e. The molecule has 0 aliphatic carbocycles. The lowest BCUT2D eigenvalue weighted by atomic mass is 10.0. The van der Waals surface area contributed by atoms with Gasteiger partial charge in [-0.25, -0.2) is 0 Å². The number of benzene rings is 2. The van der Waals surface area contributed by atoms with E-state index in [1.54, 1.807) is 36.0 Å². The second kappa shape index (κ2) is 9.49. The summed E-state index contributed by atoms with van der Waals surface area (Å²) in [5.41, 5.74) is 1.73. The van der Waals surface area contributed by atoms with Crippen LogP contribution in [0.25, 0.3) is 0 Å². The van der Waals surface area contributed by atoms with E-state index in [-0.39, 0.29) is 24.9 Å². The molecule has 0 radical (unpaired) electrons. The summed E-state index contributed by atoms with van der Waals surface area (Å²) in [7, 11) is 0. The maximum absolute atomic E-state index is 12.2. The van der Waals surface area contributed by atoms with Crippen LogP contribution >= 0.6 is 23.4 Å². The molecule has 0 fully saturated rings. The molecule has 6 heteroatoms. The SMILES string of the molecule is CSc1ccc(COC(=O)CC(NC(C)=O)c2ccc(Cl)cc2)cc1. The first kappa shape index (κ1) is 19.3. The van der Waals surface area contributed by atoms with Crippen molar-refractivity contribution >= 4 is 35.2 Å². The Kier molecular flexibility index (Phi) is 7.34. The van der Waals surface area contributed by atoms with E-state index >= 15 is 0 Å². The maximum Gasteiger partial charge on any atom is 0.308 e. The van der Waals surface area contributed by atoms with Crippen LogP contribution in [-0.2, 0) is 20.9 Å². The van der Waals surface area contributed by atoms with E-state index in [0.29, 0.717) is 5.02 Å². The molecule has 4 nitrogen and oxygen atoms in total. The zero-order valence-corrected chi connectivity index (χ0v) is 15.7. The molecule has 25 heavy (non-hydrogen) atoms. The van der Waals surface area contributed by atoms with Crippen LogP contribution in [0.15, 0.2) is 53.4 Å². The highest BCUT2D eigenvalue weighted by molar-refractivity contribution is 7.98. The number of carbonyl (C=O) groups is 2. The first-order valence-electron chi connectivity index (χ1n) is 7.79. The lowest BCUT2D eigenvalue weighted by molar-refractivity contribution is -0.145. The van der Waals surface area contributed by atoms with Crippen molar-refractivity contribution in [3.05, 3.63) is 64.7 Å². The van der Waals surface area contributed by atoms with Gasteiger partial charge >= 0.3 is 5.97 Å². The summed E-state index contributed by atoms with van der Waals surface area (Å²) in [6, 6.07) is 14.4. The predicted octanol–water partition coefficient (Wildman–Crippen LogP) is 4.37. The first-order valence-corrected chi connectivity index (χ1v) is 9.39. The number of ether oxygens (including phenoxy) is 1. The third-order valence-electron chi connectivity index (χ3n) is 3.58. The molecular weight excluding hydrogens is 358 g/mol. The number of amides is 1. The fraction of sp³-hybridized carbons (Fsp3) is 0.263. The quantitative estimate of drug-likeness (QED) is 0.575. The highest BCUT2D eigenvalue weighted by atomic mass is 35.5. The van der Waals surface area contributed by atoms with Crippen LogP contribution in [0.2, 0.25) is 5.02 Å². The highest BCUT2D eigenvalue weighted by Crippen LogP contribution is 2.21. The number of rotatable bonds is 7. The fourth-order valence-electron chi connectivity index (χ4n) is 2.30. The summed E-state index contributed by atoms with van der Waals surface area (Å²) < 4.78 is 5.34. The fourth-order valence-corrected chi connectivity index (χ4v) is 2.84. The highest BCUT2D eigenvalue weighted by Gasteiger charge is 2.18. The molecule has 2 aromatic carbocycles. The summed E-state index contributed by atoms with van der Waals surface area (Å²) in [6.45, 7) is 1.63. The Morgan fingerprint density at radius 1 is 1.12 bits per heavy atom. The van der Waals surface area contributed by atoms with Crippen LogP contribution < -0.4 is 5.32 Å². The Labute approximate surface area is 156 Å². The van der Waals surface area contributed by atoms with Gasteiger partial charge in [-0.1, -0.05) is 35.9 Å². The van der Waals surface area contributed by atoms with Crippen molar-refractivity contribution < 1.29 is 14.3 Å². The van der Waals surface area contributed by atoms with Crippen LogP contribution in [0.4, 0.5) is 0 Å². The standard InChI is InChI=1S/C19H20ClNO3S/c1-13(22)21-18(15-5-7-16(20)8-6-15)11-19(23)24-12-14-3-9-17(25-2)10-4-14/h3-10,18H,11-12H2,1-2H3,(H,21,22). The molecule has 1 amide bonds. The average molecular weight is 378 g/mol. The zero-order valence-electron chi connectivity index (χ0n) is 14.1. The molecule has 1 unspecified atom stereocenters. The van der Waals surface area contributed by atoms with Crippen LogP contribution in [0.5, 0.6) is 0 Å². The molecule has 0 aliphatic rings. The van der Waals surface area contributed by atoms with Gasteiger partial charge in [-0.05, 0) is 41.6 Å². The van der Waals surface area contributed by atoms with E-state index in [1.807, 2.05) is 30.5 Å². The number of esters is 1.